The SMILES string of the molecule is C=CC1=C(C=C)C2(c3cc(N(c4ccccc4)c4cc(-c5cc6c7ccccc7n(-c7ccccc7)c6c6oc7ccccc7c56)cc(N(c5ccccc5)c5cccc6c5sc5ccccc56)c4)ccc31)c1ccccc1-c1ccccc12. The third-order valence-corrected chi connectivity index (χ3v) is 18.9. The zero-order valence-electron chi connectivity index (χ0n) is 45.7. The summed E-state index contributed by atoms with van der Waals surface area (Å²) in [5, 5.41) is 6.87. The van der Waals surface area contributed by atoms with Gasteiger partial charge in [-0.25, -0.2) is 0 Å². The quantitative estimate of drug-likeness (QED) is 0.136. The number of rotatable bonds is 10. The van der Waals surface area contributed by atoms with Crippen molar-refractivity contribution in [2.45, 2.75) is 5.41 Å². The van der Waals surface area contributed by atoms with Crippen molar-refractivity contribution in [2.24, 2.45) is 0 Å². The Morgan fingerprint density at radius 3 is 1.75 bits per heavy atom. The van der Waals surface area contributed by atoms with Crippen LogP contribution < -0.4 is 9.80 Å². The molecule has 0 bridgehead atoms. The van der Waals surface area contributed by atoms with E-state index in [-0.39, 0.29) is 0 Å². The van der Waals surface area contributed by atoms with Gasteiger partial charge in [-0.05, 0) is 153 Å². The fraction of sp³-hybridized carbons (Fsp3) is 0.0127. The van der Waals surface area contributed by atoms with Crippen LogP contribution >= 0.6 is 11.3 Å². The van der Waals surface area contributed by atoms with Gasteiger partial charge >= 0.3 is 0 Å². The van der Waals surface area contributed by atoms with Crippen molar-refractivity contribution in [2.75, 3.05) is 9.80 Å². The van der Waals surface area contributed by atoms with E-state index in [0.717, 1.165) is 111 Å². The van der Waals surface area contributed by atoms with Crippen molar-refractivity contribution >= 4 is 115 Å². The molecule has 0 saturated carbocycles. The molecule has 17 rings (SSSR count). The molecule has 4 nitrogen and oxygen atoms in total. The molecule has 84 heavy (non-hydrogen) atoms. The molecule has 0 fully saturated rings. The summed E-state index contributed by atoms with van der Waals surface area (Å²) in [5.74, 6) is 0. The Morgan fingerprint density at radius 1 is 0.417 bits per heavy atom. The van der Waals surface area contributed by atoms with Gasteiger partial charge in [-0.15, -0.1) is 11.3 Å². The van der Waals surface area contributed by atoms with Crippen LogP contribution in [0.15, 0.2) is 308 Å². The number of fused-ring (bicyclic) bond motifs is 17. The molecule has 0 saturated heterocycles. The second-order valence-corrected chi connectivity index (χ2v) is 23.0. The number of anilines is 6. The van der Waals surface area contributed by atoms with Crippen LogP contribution in [0.1, 0.15) is 22.3 Å². The Kier molecular flexibility index (Phi) is 10.7. The van der Waals surface area contributed by atoms with Gasteiger partial charge < -0.3 is 18.8 Å². The number of nitrogens with zero attached hydrogens (tertiary/aromatic N) is 3. The number of aromatic nitrogens is 1. The smallest absolute Gasteiger partial charge is 0.160 e. The van der Waals surface area contributed by atoms with Crippen LogP contribution in [0.5, 0.6) is 0 Å². The van der Waals surface area contributed by atoms with Crippen LogP contribution in [-0.4, -0.2) is 4.57 Å². The maximum atomic E-state index is 7.25. The molecule has 0 unspecified atom stereocenters. The van der Waals surface area contributed by atoms with Gasteiger partial charge in [0.2, 0.25) is 0 Å². The van der Waals surface area contributed by atoms with E-state index in [1.165, 1.54) is 48.0 Å². The zero-order chi connectivity index (χ0) is 55.6. The van der Waals surface area contributed by atoms with Gasteiger partial charge in [-0.2, -0.15) is 0 Å². The van der Waals surface area contributed by atoms with E-state index in [1.54, 1.807) is 0 Å². The highest BCUT2D eigenvalue weighted by Gasteiger charge is 2.52. The van der Waals surface area contributed by atoms with Crippen molar-refractivity contribution in [1.82, 2.24) is 4.57 Å². The third kappa shape index (κ3) is 6.82. The van der Waals surface area contributed by atoms with Crippen LogP contribution in [0.3, 0.4) is 0 Å². The Bertz CT molecular complexity index is 5210. The van der Waals surface area contributed by atoms with Gasteiger partial charge in [0.15, 0.2) is 5.58 Å². The largest absolute Gasteiger partial charge is 0.454 e. The number of benzene rings is 12. The van der Waals surface area contributed by atoms with Gasteiger partial charge in [0.05, 0.1) is 26.8 Å². The Hall–Kier alpha value is -10.7. The summed E-state index contributed by atoms with van der Waals surface area (Å²) in [5.41, 5.74) is 22.2. The van der Waals surface area contributed by atoms with Gasteiger partial charge in [0, 0.05) is 71.1 Å². The van der Waals surface area contributed by atoms with Gasteiger partial charge in [-0.3, -0.25) is 0 Å². The number of hydrogen-bond donors (Lipinski definition) is 0. The van der Waals surface area contributed by atoms with Crippen molar-refractivity contribution < 1.29 is 4.42 Å². The lowest BCUT2D eigenvalue weighted by Gasteiger charge is -2.33. The molecule has 15 aromatic rings. The normalized spacial score (nSPS) is 13.1. The lowest BCUT2D eigenvalue weighted by Crippen LogP contribution is -2.27. The minimum absolute atomic E-state index is 0.630. The van der Waals surface area contributed by atoms with E-state index in [9.17, 15) is 0 Å². The first-order valence-electron chi connectivity index (χ1n) is 28.6. The van der Waals surface area contributed by atoms with Crippen molar-refractivity contribution in [3.63, 3.8) is 0 Å². The summed E-state index contributed by atoms with van der Waals surface area (Å²) in [4.78, 5) is 4.93. The molecule has 0 atom stereocenters. The molecule has 3 heterocycles. The fourth-order valence-electron chi connectivity index (χ4n) is 14.4. The van der Waals surface area contributed by atoms with Crippen molar-refractivity contribution in [3.05, 3.63) is 326 Å². The molecule has 0 radical (unpaired) electrons. The predicted octanol–water partition coefficient (Wildman–Crippen LogP) is 22.1. The summed E-state index contributed by atoms with van der Waals surface area (Å²) in [6, 6.07) is 99.9. The minimum Gasteiger partial charge on any atom is -0.454 e. The Balaban J connectivity index is 0.994. The van der Waals surface area contributed by atoms with E-state index < -0.39 is 5.41 Å². The summed E-state index contributed by atoms with van der Waals surface area (Å²) >= 11 is 1.85. The predicted molar refractivity (Wildman–Crippen MR) is 355 cm³/mol. The first kappa shape index (κ1) is 48.0. The van der Waals surface area contributed by atoms with E-state index in [1.807, 2.05) is 17.4 Å². The third-order valence-electron chi connectivity index (χ3n) is 17.7. The molecule has 2 aliphatic rings. The summed E-state index contributed by atoms with van der Waals surface area (Å²) in [6.07, 6.45) is 4.10. The Labute approximate surface area is 490 Å². The van der Waals surface area contributed by atoms with Gasteiger partial charge in [-0.1, -0.05) is 201 Å². The van der Waals surface area contributed by atoms with E-state index in [2.05, 4.69) is 307 Å². The highest BCUT2D eigenvalue weighted by atomic mass is 32.1. The second kappa shape index (κ2) is 18.7. The molecule has 3 aromatic heterocycles. The maximum Gasteiger partial charge on any atom is 0.160 e. The minimum atomic E-state index is -0.630. The molecule has 1 spiro atoms. The monoisotopic (exact) mass is 1090 g/mol. The summed E-state index contributed by atoms with van der Waals surface area (Å²) < 4.78 is 12.1. The average molecular weight is 1090 g/mol. The van der Waals surface area contributed by atoms with Crippen LogP contribution in [0, 0.1) is 0 Å². The number of para-hydroxylation sites is 5. The van der Waals surface area contributed by atoms with E-state index in [4.69, 9.17) is 4.42 Å². The average Bonchev–Trinajstić information content (AvgIpc) is 1.77. The number of thiophene rings is 1. The first-order valence-corrected chi connectivity index (χ1v) is 29.4. The lowest BCUT2D eigenvalue weighted by molar-refractivity contribution is 0.671. The molecular formula is C79H51N3OS. The molecule has 0 amide bonds. The topological polar surface area (TPSA) is 24.6 Å². The van der Waals surface area contributed by atoms with Crippen molar-refractivity contribution in [3.8, 4) is 27.9 Å². The van der Waals surface area contributed by atoms with E-state index >= 15 is 0 Å². The fourth-order valence-corrected chi connectivity index (χ4v) is 15.6. The highest BCUT2D eigenvalue weighted by molar-refractivity contribution is 7.26. The maximum absolute atomic E-state index is 7.25. The highest BCUT2D eigenvalue weighted by Crippen LogP contribution is 2.63. The molecule has 5 heteroatoms. The number of allylic oxidation sites excluding steroid dienone is 4. The standard InChI is InChI=1S/C79H51N3OS/c1-3-57-60-44-43-54(48-70(60)79(67(57)4-2)68-37-19-14-31-58(68)59-32-15-20-38-69(59)79)80(51-25-8-5-9-26-51)55-45-50(46-56(47-55)81(52-27-10-6-11-28-52)72-40-24-36-63-62-34-18-23-42-74(62)84-78(63)72)65-49-66-61-33-16-21-39-71(61)82(53-29-12-7-13-30-53)76(66)77-75(65)64-35-17-22-41-73(64)83-77/h3-49H,1-2H2. The molecule has 394 valence electrons. The van der Waals surface area contributed by atoms with Crippen molar-refractivity contribution in [1.29, 1.82) is 0 Å². The molecular weight excluding hydrogens is 1040 g/mol. The van der Waals surface area contributed by atoms with Crippen LogP contribution in [-0.2, 0) is 5.41 Å². The van der Waals surface area contributed by atoms with Crippen LogP contribution in [0.25, 0.3) is 97.4 Å². The number of furan rings is 1. The number of hydrogen-bond acceptors (Lipinski definition) is 4. The molecule has 0 aliphatic heterocycles. The zero-order valence-corrected chi connectivity index (χ0v) is 46.5. The molecule has 2 aliphatic carbocycles. The van der Waals surface area contributed by atoms with Crippen LogP contribution in [0.2, 0.25) is 0 Å². The van der Waals surface area contributed by atoms with Crippen LogP contribution in [0.4, 0.5) is 34.1 Å². The Morgan fingerprint density at radius 2 is 1.02 bits per heavy atom. The first-order chi connectivity index (χ1) is 41.6. The molecule has 0 N–H and O–H groups in total. The van der Waals surface area contributed by atoms with Gasteiger partial charge in [0.25, 0.3) is 0 Å². The van der Waals surface area contributed by atoms with Gasteiger partial charge in [0.1, 0.15) is 5.58 Å². The van der Waals surface area contributed by atoms with E-state index in [0.29, 0.717) is 0 Å². The summed E-state index contributed by atoms with van der Waals surface area (Å²) in [7, 11) is 0. The summed E-state index contributed by atoms with van der Waals surface area (Å²) in [6.45, 7) is 9.01. The second-order valence-electron chi connectivity index (χ2n) is 21.9. The lowest BCUT2D eigenvalue weighted by atomic mass is 9.69. The molecule has 12 aromatic carbocycles.